The van der Waals surface area contributed by atoms with E-state index in [0.717, 1.165) is 71.6 Å². The lowest BCUT2D eigenvalue weighted by Gasteiger charge is -2.16. The first-order valence-corrected chi connectivity index (χ1v) is 18.7. The summed E-state index contributed by atoms with van der Waals surface area (Å²) in [5.74, 6) is 0. The number of hydrogen-bond donors (Lipinski definition) is 0. The van der Waals surface area contributed by atoms with Gasteiger partial charge in [-0.2, -0.15) is 0 Å². The average molecular weight is 702 g/mol. The van der Waals surface area contributed by atoms with Crippen molar-refractivity contribution in [3.63, 3.8) is 0 Å². The number of nitrogens with zero attached hydrogens (tertiary/aromatic N) is 3. The van der Waals surface area contributed by atoms with E-state index in [0.29, 0.717) is 5.39 Å². The normalized spacial score (nSPS) is 12.1. The maximum Gasteiger partial charge on any atom is 0.263 e. The molecular weight excluding hydrogens is 671 g/mol. The van der Waals surface area contributed by atoms with Crippen LogP contribution < -0.4 is 5.56 Å². The molecule has 0 spiro atoms. The van der Waals surface area contributed by atoms with Gasteiger partial charge >= 0.3 is 0 Å². The molecule has 55 heavy (non-hydrogen) atoms. The number of aromatic nitrogens is 3. The summed E-state index contributed by atoms with van der Waals surface area (Å²) in [6.45, 7) is 0. The maximum absolute atomic E-state index is 15.2. The second-order valence-electron chi connectivity index (χ2n) is 14.5. The monoisotopic (exact) mass is 701 g/mol. The largest absolute Gasteiger partial charge is 0.309 e. The molecule has 4 nitrogen and oxygen atoms in total. The van der Waals surface area contributed by atoms with E-state index in [1.807, 2.05) is 34.9 Å². The molecule has 0 saturated heterocycles. The summed E-state index contributed by atoms with van der Waals surface area (Å²) in [4.78, 5) is 15.2. The number of benzene rings is 9. The van der Waals surface area contributed by atoms with Crippen LogP contribution in [0.25, 0.3) is 104 Å². The van der Waals surface area contributed by atoms with Gasteiger partial charge in [0.15, 0.2) is 0 Å². The van der Waals surface area contributed by atoms with E-state index in [1.165, 1.54) is 26.9 Å². The van der Waals surface area contributed by atoms with Crippen molar-refractivity contribution in [2.24, 2.45) is 0 Å². The first kappa shape index (κ1) is 30.1. The summed E-state index contributed by atoms with van der Waals surface area (Å²) >= 11 is 0. The van der Waals surface area contributed by atoms with Gasteiger partial charge in [-0.1, -0.05) is 115 Å². The van der Waals surface area contributed by atoms with Crippen LogP contribution >= 0.6 is 0 Å². The van der Waals surface area contributed by atoms with E-state index in [4.69, 9.17) is 0 Å². The van der Waals surface area contributed by atoms with E-state index in [9.17, 15) is 0 Å². The van der Waals surface area contributed by atoms with Gasteiger partial charge in [0.05, 0.1) is 33.0 Å². The van der Waals surface area contributed by atoms with Gasteiger partial charge in [-0.3, -0.25) is 9.36 Å². The van der Waals surface area contributed by atoms with Gasteiger partial charge in [0.25, 0.3) is 5.56 Å². The Morgan fingerprint density at radius 2 is 0.709 bits per heavy atom. The lowest BCUT2D eigenvalue weighted by atomic mass is 10.0. The zero-order valence-corrected chi connectivity index (χ0v) is 29.6. The summed E-state index contributed by atoms with van der Waals surface area (Å²) in [5, 5.41) is 12.0. The second kappa shape index (κ2) is 11.3. The number of para-hydroxylation sites is 3. The average Bonchev–Trinajstić information content (AvgIpc) is 3.74. The van der Waals surface area contributed by atoms with Gasteiger partial charge in [0, 0.05) is 44.0 Å². The Bertz CT molecular complexity index is 3620. The Hall–Kier alpha value is -7.43. The molecule has 0 bridgehead atoms. The van der Waals surface area contributed by atoms with Crippen LogP contribution in [0.15, 0.2) is 193 Å². The third-order valence-electron chi connectivity index (χ3n) is 11.6. The lowest BCUT2D eigenvalue weighted by molar-refractivity contribution is 1.06. The number of pyridine rings is 1. The fraction of sp³-hybridized carbons (Fsp3) is 0. The molecule has 0 fully saturated rings. The van der Waals surface area contributed by atoms with Gasteiger partial charge in [-0.05, 0) is 99.7 Å². The molecule has 0 amide bonds. The molecular formula is C51H31N3O. The quantitative estimate of drug-likeness (QED) is 0.169. The van der Waals surface area contributed by atoms with Gasteiger partial charge in [-0.25, -0.2) is 0 Å². The first-order valence-electron chi connectivity index (χ1n) is 18.7. The van der Waals surface area contributed by atoms with Gasteiger partial charge in [-0.15, -0.1) is 0 Å². The molecule has 0 aliphatic carbocycles. The van der Waals surface area contributed by atoms with Gasteiger partial charge in [0.1, 0.15) is 0 Å². The van der Waals surface area contributed by atoms with Crippen molar-refractivity contribution in [2.75, 3.05) is 0 Å². The molecule has 256 valence electrons. The molecule has 0 saturated carbocycles. The van der Waals surface area contributed by atoms with Crippen molar-refractivity contribution in [3.05, 3.63) is 198 Å². The molecule has 0 N–H and O–H groups in total. The van der Waals surface area contributed by atoms with Crippen LogP contribution in [0.3, 0.4) is 0 Å². The standard InChI is InChI=1S/C51H31N3O/c55-51-45-30-48-42(39-18-8-10-20-46(39)52(48)37-24-22-32-12-4-6-14-34(32)26-37)28-41(45)44-29-43-40-19-9-11-21-47(40)53(38-25-23-33-13-5-7-15-35(33)27-38)49(43)31-50(44)54(51)36-16-2-1-3-17-36/h1-31H. The van der Waals surface area contributed by atoms with Crippen molar-refractivity contribution in [2.45, 2.75) is 0 Å². The van der Waals surface area contributed by atoms with Crippen molar-refractivity contribution in [1.82, 2.24) is 13.7 Å². The zero-order chi connectivity index (χ0) is 36.2. The van der Waals surface area contributed by atoms with Crippen LogP contribution in [0, 0.1) is 0 Å². The molecule has 0 unspecified atom stereocenters. The lowest BCUT2D eigenvalue weighted by Crippen LogP contribution is -2.19. The van der Waals surface area contributed by atoms with Crippen LogP contribution in [0.2, 0.25) is 0 Å². The minimum atomic E-state index is -0.0429. The molecule has 4 heteroatoms. The van der Waals surface area contributed by atoms with Gasteiger partial charge in [0.2, 0.25) is 0 Å². The van der Waals surface area contributed by atoms with Crippen molar-refractivity contribution in [3.8, 4) is 17.1 Å². The van der Waals surface area contributed by atoms with E-state index < -0.39 is 0 Å². The molecule has 0 aliphatic rings. The van der Waals surface area contributed by atoms with Crippen LogP contribution in [-0.2, 0) is 0 Å². The summed E-state index contributed by atoms with van der Waals surface area (Å²) in [7, 11) is 0. The summed E-state index contributed by atoms with van der Waals surface area (Å²) in [6.07, 6.45) is 0. The molecule has 3 heterocycles. The Kier molecular flexibility index (Phi) is 6.17. The Morgan fingerprint density at radius 3 is 1.31 bits per heavy atom. The first-order chi connectivity index (χ1) is 27.2. The Labute approximate surface area is 314 Å². The van der Waals surface area contributed by atoms with Crippen molar-refractivity contribution in [1.29, 1.82) is 0 Å². The zero-order valence-electron chi connectivity index (χ0n) is 29.6. The van der Waals surface area contributed by atoms with Gasteiger partial charge < -0.3 is 9.13 Å². The summed E-state index contributed by atoms with van der Waals surface area (Å²) < 4.78 is 6.57. The highest BCUT2D eigenvalue weighted by Crippen LogP contribution is 2.40. The fourth-order valence-electron chi connectivity index (χ4n) is 9.07. The third-order valence-corrected chi connectivity index (χ3v) is 11.6. The maximum atomic E-state index is 15.2. The molecule has 0 radical (unpaired) electrons. The molecule has 0 atom stereocenters. The second-order valence-corrected chi connectivity index (χ2v) is 14.5. The highest BCUT2D eigenvalue weighted by Gasteiger charge is 2.21. The van der Waals surface area contributed by atoms with Crippen LogP contribution in [-0.4, -0.2) is 13.7 Å². The summed E-state index contributed by atoms with van der Waals surface area (Å²) in [5.41, 5.74) is 8.12. The van der Waals surface area contributed by atoms with E-state index in [2.05, 4.69) is 167 Å². The highest BCUT2D eigenvalue weighted by atomic mass is 16.1. The van der Waals surface area contributed by atoms with E-state index >= 15 is 4.79 Å². The topological polar surface area (TPSA) is 31.9 Å². The number of rotatable bonds is 3. The van der Waals surface area contributed by atoms with E-state index in [1.54, 1.807) is 0 Å². The minimum Gasteiger partial charge on any atom is -0.309 e. The predicted octanol–water partition coefficient (Wildman–Crippen LogP) is 12.6. The van der Waals surface area contributed by atoms with Crippen molar-refractivity contribution >= 4 is 86.8 Å². The number of fused-ring (bicyclic) bond motifs is 11. The Morgan fingerprint density at radius 1 is 0.255 bits per heavy atom. The van der Waals surface area contributed by atoms with Crippen LogP contribution in [0.4, 0.5) is 0 Å². The van der Waals surface area contributed by atoms with Crippen LogP contribution in [0.5, 0.6) is 0 Å². The third kappa shape index (κ3) is 4.31. The van der Waals surface area contributed by atoms with Crippen LogP contribution in [0.1, 0.15) is 0 Å². The van der Waals surface area contributed by atoms with E-state index in [-0.39, 0.29) is 5.56 Å². The molecule has 12 aromatic rings. The minimum absolute atomic E-state index is 0.0429. The summed E-state index contributed by atoms with van der Waals surface area (Å²) in [6, 6.07) is 66.4. The number of hydrogen-bond acceptors (Lipinski definition) is 1. The fourth-order valence-corrected chi connectivity index (χ4v) is 9.07. The molecule has 12 rings (SSSR count). The molecule has 3 aromatic heterocycles. The predicted molar refractivity (Wildman–Crippen MR) is 231 cm³/mol. The SMILES string of the molecule is O=c1c2cc3c(cc2c2cc4c5ccccc5n(-c5ccc6ccccc6c5)c4cc2n1-c1ccccc1)c1ccccc1n3-c1ccc2ccccc2c1. The molecule has 9 aromatic carbocycles. The highest BCUT2D eigenvalue weighted by molar-refractivity contribution is 6.21. The smallest absolute Gasteiger partial charge is 0.263 e. The Balaban J connectivity index is 1.24. The van der Waals surface area contributed by atoms with Crippen molar-refractivity contribution < 1.29 is 0 Å². The molecule has 0 aliphatic heterocycles.